The molecule has 0 spiro atoms. The Hall–Kier alpha value is -1.57. The van der Waals surface area contributed by atoms with Crippen molar-refractivity contribution < 1.29 is 27.9 Å². The molecule has 0 fully saturated rings. The normalized spacial score (nSPS) is 12.8. The average Bonchev–Trinajstić information content (AvgIpc) is 2.26. The third-order valence-electron chi connectivity index (χ3n) is 2.18. The molecule has 0 aliphatic rings. The van der Waals surface area contributed by atoms with Crippen LogP contribution in [0, 0.1) is 0 Å². The maximum Gasteiger partial charge on any atom is 0.471 e. The molecular formula is C11H8BrF3NO3-. The van der Waals surface area contributed by atoms with Gasteiger partial charge in [0, 0.05) is 16.9 Å². The minimum atomic E-state index is -5.07. The Morgan fingerprint density at radius 2 is 2.00 bits per heavy atom. The van der Waals surface area contributed by atoms with Crippen molar-refractivity contribution >= 4 is 27.8 Å². The molecule has 0 aliphatic heterocycles. The summed E-state index contributed by atoms with van der Waals surface area (Å²) in [4.78, 5) is 21.4. The van der Waals surface area contributed by atoms with Crippen LogP contribution in [0.4, 0.5) is 13.2 Å². The van der Waals surface area contributed by atoms with Gasteiger partial charge in [-0.15, -0.1) is 0 Å². The molecule has 0 radical (unpaired) electrons. The summed E-state index contributed by atoms with van der Waals surface area (Å²) >= 11 is 3.10. The molecule has 1 aromatic carbocycles. The summed E-state index contributed by atoms with van der Waals surface area (Å²) in [5.41, 5.74) is 0.233. The number of hydrogen-bond acceptors (Lipinski definition) is 3. The predicted molar refractivity (Wildman–Crippen MR) is 60.7 cm³/mol. The van der Waals surface area contributed by atoms with E-state index in [1.807, 2.05) is 0 Å². The van der Waals surface area contributed by atoms with Gasteiger partial charge < -0.3 is 15.2 Å². The van der Waals surface area contributed by atoms with Crippen LogP contribution in [0.3, 0.4) is 0 Å². The topological polar surface area (TPSA) is 69.2 Å². The van der Waals surface area contributed by atoms with Gasteiger partial charge >= 0.3 is 12.1 Å². The van der Waals surface area contributed by atoms with E-state index in [-0.39, 0.29) is 5.56 Å². The van der Waals surface area contributed by atoms with Crippen molar-refractivity contribution in [2.75, 3.05) is 0 Å². The first kappa shape index (κ1) is 15.5. The minimum Gasteiger partial charge on any atom is -0.550 e. The van der Waals surface area contributed by atoms with Crippen LogP contribution in [0.1, 0.15) is 18.0 Å². The van der Waals surface area contributed by atoms with Gasteiger partial charge in [0.25, 0.3) is 0 Å². The number of benzene rings is 1. The van der Waals surface area contributed by atoms with Crippen LogP contribution in [0.5, 0.6) is 0 Å². The second-order valence-electron chi connectivity index (χ2n) is 3.65. The van der Waals surface area contributed by atoms with E-state index in [1.165, 1.54) is 18.2 Å². The summed E-state index contributed by atoms with van der Waals surface area (Å²) in [6, 6.07) is 4.66. The quantitative estimate of drug-likeness (QED) is 0.899. The fourth-order valence-electron chi connectivity index (χ4n) is 1.38. The number of nitrogens with one attached hydrogen (secondary N) is 1. The summed E-state index contributed by atoms with van der Waals surface area (Å²) < 4.78 is 37.0. The monoisotopic (exact) mass is 338 g/mol. The molecule has 0 aliphatic carbocycles. The van der Waals surface area contributed by atoms with Crippen molar-refractivity contribution in [3.63, 3.8) is 0 Å². The number of carboxylic acids is 1. The Labute approximate surface area is 114 Å². The molecule has 0 saturated heterocycles. The molecule has 0 unspecified atom stereocenters. The molecule has 1 amide bonds. The Kier molecular flexibility index (Phi) is 4.93. The van der Waals surface area contributed by atoms with E-state index in [2.05, 4.69) is 15.9 Å². The van der Waals surface area contributed by atoms with Gasteiger partial charge in [-0.25, -0.2) is 0 Å². The van der Waals surface area contributed by atoms with Gasteiger partial charge in [0.2, 0.25) is 0 Å². The molecule has 1 rings (SSSR count). The molecule has 1 N–H and O–H groups in total. The van der Waals surface area contributed by atoms with Crippen molar-refractivity contribution in [1.82, 2.24) is 5.32 Å². The highest BCUT2D eigenvalue weighted by atomic mass is 79.9. The Morgan fingerprint density at radius 3 is 2.47 bits per heavy atom. The summed E-state index contributed by atoms with van der Waals surface area (Å²) in [5, 5.41) is 12.2. The van der Waals surface area contributed by atoms with Crippen molar-refractivity contribution in [3.8, 4) is 0 Å². The number of carboxylic acid groups (broad SMARTS) is 1. The highest BCUT2D eigenvalue weighted by molar-refractivity contribution is 9.10. The zero-order valence-electron chi connectivity index (χ0n) is 9.33. The average molecular weight is 339 g/mol. The number of hydrogen-bond donors (Lipinski definition) is 1. The third kappa shape index (κ3) is 4.90. The van der Waals surface area contributed by atoms with Gasteiger partial charge in [0.1, 0.15) is 0 Å². The van der Waals surface area contributed by atoms with E-state index in [1.54, 1.807) is 11.4 Å². The molecule has 19 heavy (non-hydrogen) atoms. The van der Waals surface area contributed by atoms with Crippen LogP contribution in [-0.4, -0.2) is 18.1 Å². The zero-order valence-corrected chi connectivity index (χ0v) is 10.9. The smallest absolute Gasteiger partial charge is 0.471 e. The fourth-order valence-corrected chi connectivity index (χ4v) is 1.80. The summed E-state index contributed by atoms with van der Waals surface area (Å²) in [6.45, 7) is 0. The molecular weight excluding hydrogens is 331 g/mol. The third-order valence-corrected chi connectivity index (χ3v) is 2.68. The van der Waals surface area contributed by atoms with Gasteiger partial charge in [-0.05, 0) is 17.7 Å². The number of carbonyl (C=O) groups is 2. The van der Waals surface area contributed by atoms with Gasteiger partial charge in [0.15, 0.2) is 0 Å². The number of halogens is 4. The Morgan fingerprint density at radius 1 is 1.37 bits per heavy atom. The Balaban J connectivity index is 2.96. The lowest BCUT2D eigenvalue weighted by Gasteiger charge is -2.20. The van der Waals surface area contributed by atoms with Crippen LogP contribution in [-0.2, 0) is 9.59 Å². The second kappa shape index (κ2) is 6.05. The molecule has 0 saturated carbocycles. The highest BCUT2D eigenvalue weighted by Crippen LogP contribution is 2.23. The van der Waals surface area contributed by atoms with E-state index in [0.29, 0.717) is 4.47 Å². The lowest BCUT2D eigenvalue weighted by atomic mass is 10.0. The number of rotatable bonds is 4. The van der Waals surface area contributed by atoms with Crippen molar-refractivity contribution in [2.45, 2.75) is 18.6 Å². The van der Waals surface area contributed by atoms with E-state index in [9.17, 15) is 27.9 Å². The first-order valence-corrected chi connectivity index (χ1v) is 5.82. The van der Waals surface area contributed by atoms with Gasteiger partial charge in [-0.1, -0.05) is 28.1 Å². The first-order chi connectivity index (χ1) is 8.70. The van der Waals surface area contributed by atoms with Crippen molar-refractivity contribution in [2.24, 2.45) is 0 Å². The molecule has 1 aromatic rings. The minimum absolute atomic E-state index is 0.233. The van der Waals surface area contributed by atoms with E-state index in [0.717, 1.165) is 0 Å². The molecule has 104 valence electrons. The van der Waals surface area contributed by atoms with Crippen LogP contribution in [0.25, 0.3) is 0 Å². The lowest BCUT2D eigenvalue weighted by molar-refractivity contribution is -0.306. The van der Waals surface area contributed by atoms with Crippen molar-refractivity contribution in [3.05, 3.63) is 34.3 Å². The number of alkyl halides is 3. The first-order valence-electron chi connectivity index (χ1n) is 5.03. The maximum atomic E-state index is 12.2. The van der Waals surface area contributed by atoms with Crippen LogP contribution < -0.4 is 10.4 Å². The summed E-state index contributed by atoms with van der Waals surface area (Å²) in [7, 11) is 0. The SMILES string of the molecule is O=C([O-])C[C@H](NC(=O)C(F)(F)F)c1cccc(Br)c1. The maximum absolute atomic E-state index is 12.2. The van der Waals surface area contributed by atoms with Gasteiger partial charge in [0.05, 0.1) is 6.04 Å². The standard InChI is InChI=1S/C11H9BrF3NO3/c12-7-3-1-2-6(4-7)8(5-9(17)18)16-10(19)11(13,14)15/h1-4,8H,5H2,(H,16,19)(H,17,18)/p-1/t8-/m0/s1. The van der Waals surface area contributed by atoms with E-state index >= 15 is 0 Å². The number of carbonyl (C=O) groups excluding carboxylic acids is 2. The molecule has 8 heteroatoms. The molecule has 0 heterocycles. The van der Waals surface area contributed by atoms with Gasteiger partial charge in [-0.2, -0.15) is 13.2 Å². The molecule has 4 nitrogen and oxygen atoms in total. The Bertz CT molecular complexity index is 490. The number of amides is 1. The highest BCUT2D eigenvalue weighted by Gasteiger charge is 2.39. The van der Waals surface area contributed by atoms with Crippen LogP contribution in [0.2, 0.25) is 0 Å². The van der Waals surface area contributed by atoms with Crippen LogP contribution in [0.15, 0.2) is 28.7 Å². The largest absolute Gasteiger partial charge is 0.550 e. The van der Waals surface area contributed by atoms with Crippen LogP contribution >= 0.6 is 15.9 Å². The second-order valence-corrected chi connectivity index (χ2v) is 4.57. The number of aliphatic carboxylic acids is 1. The van der Waals surface area contributed by atoms with E-state index < -0.39 is 30.5 Å². The fraction of sp³-hybridized carbons (Fsp3) is 0.273. The van der Waals surface area contributed by atoms with Gasteiger partial charge in [-0.3, -0.25) is 4.79 Å². The predicted octanol–water partition coefficient (Wildman–Crippen LogP) is 1.31. The van der Waals surface area contributed by atoms with Crippen molar-refractivity contribution in [1.29, 1.82) is 0 Å². The lowest BCUT2D eigenvalue weighted by Crippen LogP contribution is -2.41. The molecule has 1 atom stereocenters. The summed E-state index contributed by atoms with van der Waals surface area (Å²) in [6.07, 6.45) is -5.82. The molecule has 0 bridgehead atoms. The summed E-state index contributed by atoms with van der Waals surface area (Å²) in [5.74, 6) is -3.76. The van der Waals surface area contributed by atoms with E-state index in [4.69, 9.17) is 0 Å². The zero-order chi connectivity index (χ0) is 14.6. The molecule has 0 aromatic heterocycles.